The predicted molar refractivity (Wildman–Crippen MR) is 101 cm³/mol. The molecular weight excluding hydrogens is 366 g/mol. The molecule has 3 rings (SSSR count). The van der Waals surface area contributed by atoms with E-state index < -0.39 is 10.0 Å². The minimum absolute atomic E-state index is 0.0301. The number of sulfonamides is 1. The first kappa shape index (κ1) is 19.6. The summed E-state index contributed by atoms with van der Waals surface area (Å²) in [6, 6.07) is 5.27. The van der Waals surface area contributed by atoms with Gasteiger partial charge in [0.15, 0.2) is 0 Å². The van der Waals surface area contributed by atoms with Crippen LogP contribution in [-0.2, 0) is 10.0 Å². The molecule has 0 spiro atoms. The third-order valence-electron chi connectivity index (χ3n) is 4.72. The van der Waals surface area contributed by atoms with Gasteiger partial charge in [-0.1, -0.05) is 17.7 Å². The minimum atomic E-state index is -3.53. The van der Waals surface area contributed by atoms with Gasteiger partial charge in [0, 0.05) is 18.4 Å². The highest BCUT2D eigenvalue weighted by Crippen LogP contribution is 2.28. The van der Waals surface area contributed by atoms with Gasteiger partial charge in [-0.05, 0) is 51.2 Å². The SMILES string of the molecule is COc1nccnc1OC1CCC(NS(=O)(=O)c2ccc(C)cc2C)CC1. The van der Waals surface area contributed by atoms with Crippen LogP contribution in [0.4, 0.5) is 0 Å². The summed E-state index contributed by atoms with van der Waals surface area (Å²) >= 11 is 0. The van der Waals surface area contributed by atoms with E-state index in [9.17, 15) is 8.42 Å². The number of hydrogen-bond donors (Lipinski definition) is 1. The molecule has 7 nitrogen and oxygen atoms in total. The molecule has 0 bridgehead atoms. The van der Waals surface area contributed by atoms with Gasteiger partial charge in [0.1, 0.15) is 6.10 Å². The highest BCUT2D eigenvalue weighted by molar-refractivity contribution is 7.89. The Morgan fingerprint density at radius 3 is 2.33 bits per heavy atom. The summed E-state index contributed by atoms with van der Waals surface area (Å²) in [6.07, 6.45) is 5.96. The summed E-state index contributed by atoms with van der Waals surface area (Å²) in [5, 5.41) is 0. The maximum absolute atomic E-state index is 12.7. The van der Waals surface area contributed by atoms with Crippen molar-refractivity contribution in [3.05, 3.63) is 41.7 Å². The van der Waals surface area contributed by atoms with E-state index >= 15 is 0 Å². The first-order valence-corrected chi connectivity index (χ1v) is 10.5. The topological polar surface area (TPSA) is 90.4 Å². The Hall–Kier alpha value is -2.19. The molecule has 1 heterocycles. The molecule has 1 aromatic carbocycles. The second kappa shape index (κ2) is 8.22. The van der Waals surface area contributed by atoms with Crippen molar-refractivity contribution in [2.75, 3.05) is 7.11 Å². The zero-order valence-electron chi connectivity index (χ0n) is 15.8. The van der Waals surface area contributed by atoms with Crippen LogP contribution in [0.25, 0.3) is 0 Å². The molecule has 1 fully saturated rings. The van der Waals surface area contributed by atoms with Gasteiger partial charge >= 0.3 is 0 Å². The van der Waals surface area contributed by atoms with E-state index in [1.54, 1.807) is 18.5 Å². The Balaban J connectivity index is 1.59. The molecule has 1 N–H and O–H groups in total. The molecule has 27 heavy (non-hydrogen) atoms. The Kier molecular flexibility index (Phi) is 5.96. The van der Waals surface area contributed by atoms with Crippen LogP contribution in [0.15, 0.2) is 35.5 Å². The fraction of sp³-hybridized carbons (Fsp3) is 0.474. The molecule has 8 heteroatoms. The van der Waals surface area contributed by atoms with Crippen LogP contribution >= 0.6 is 0 Å². The van der Waals surface area contributed by atoms with Crippen molar-refractivity contribution in [2.45, 2.75) is 56.6 Å². The van der Waals surface area contributed by atoms with E-state index in [0.29, 0.717) is 29.5 Å². The van der Waals surface area contributed by atoms with Gasteiger partial charge in [-0.3, -0.25) is 0 Å². The van der Waals surface area contributed by atoms with E-state index in [1.807, 2.05) is 26.0 Å². The number of benzene rings is 1. The maximum atomic E-state index is 12.7. The van der Waals surface area contributed by atoms with Crippen molar-refractivity contribution in [1.82, 2.24) is 14.7 Å². The van der Waals surface area contributed by atoms with Crippen LogP contribution < -0.4 is 14.2 Å². The van der Waals surface area contributed by atoms with Crippen molar-refractivity contribution in [1.29, 1.82) is 0 Å². The van der Waals surface area contributed by atoms with Crippen molar-refractivity contribution in [3.8, 4) is 11.8 Å². The summed E-state index contributed by atoms with van der Waals surface area (Å²) in [5.41, 5.74) is 1.80. The van der Waals surface area contributed by atoms with E-state index in [1.165, 1.54) is 7.11 Å². The number of hydrogen-bond acceptors (Lipinski definition) is 6. The van der Waals surface area contributed by atoms with Crippen LogP contribution in [-0.4, -0.2) is 37.6 Å². The lowest BCUT2D eigenvalue weighted by molar-refractivity contribution is 0.132. The highest BCUT2D eigenvalue weighted by Gasteiger charge is 2.28. The molecule has 0 saturated heterocycles. The normalized spacial score (nSPS) is 20.3. The number of ether oxygens (including phenoxy) is 2. The van der Waals surface area contributed by atoms with Gasteiger partial charge in [-0.2, -0.15) is 0 Å². The number of nitrogens with zero attached hydrogens (tertiary/aromatic N) is 2. The van der Waals surface area contributed by atoms with Crippen molar-refractivity contribution in [3.63, 3.8) is 0 Å². The van der Waals surface area contributed by atoms with Crippen molar-refractivity contribution < 1.29 is 17.9 Å². The van der Waals surface area contributed by atoms with Crippen LogP contribution in [0.3, 0.4) is 0 Å². The standard InChI is InChI=1S/C19H25N3O4S/c1-13-4-9-17(14(2)12-13)27(23,24)22-15-5-7-16(8-6-15)26-19-18(25-3)20-10-11-21-19/h4,9-12,15-16,22H,5-8H2,1-3H3. The molecule has 0 atom stereocenters. The largest absolute Gasteiger partial charge is 0.477 e. The maximum Gasteiger partial charge on any atom is 0.278 e. The predicted octanol–water partition coefficient (Wildman–Crippen LogP) is 2.77. The molecular formula is C19H25N3O4S. The monoisotopic (exact) mass is 391 g/mol. The minimum Gasteiger partial charge on any atom is -0.477 e. The van der Waals surface area contributed by atoms with Gasteiger partial charge < -0.3 is 9.47 Å². The molecule has 2 aromatic rings. The van der Waals surface area contributed by atoms with Gasteiger partial charge in [0.2, 0.25) is 10.0 Å². The molecule has 146 valence electrons. The number of nitrogens with one attached hydrogen (secondary N) is 1. The average Bonchev–Trinajstić information content (AvgIpc) is 2.63. The summed E-state index contributed by atoms with van der Waals surface area (Å²) < 4.78 is 39.3. The molecule has 1 aromatic heterocycles. The third kappa shape index (κ3) is 4.75. The lowest BCUT2D eigenvalue weighted by atomic mass is 9.94. The lowest BCUT2D eigenvalue weighted by Crippen LogP contribution is -2.39. The summed E-state index contributed by atoms with van der Waals surface area (Å²) in [6.45, 7) is 3.77. The number of methoxy groups -OCH3 is 1. The molecule has 0 aliphatic heterocycles. The Bertz CT molecular complexity index is 894. The highest BCUT2D eigenvalue weighted by atomic mass is 32.2. The number of rotatable bonds is 6. The zero-order chi connectivity index (χ0) is 19.4. The van der Waals surface area contributed by atoms with Crippen molar-refractivity contribution >= 4 is 10.0 Å². The number of aryl methyl sites for hydroxylation is 2. The first-order chi connectivity index (χ1) is 12.9. The van der Waals surface area contributed by atoms with Gasteiger partial charge in [0.05, 0.1) is 12.0 Å². The summed E-state index contributed by atoms with van der Waals surface area (Å²) in [5.74, 6) is 0.731. The van der Waals surface area contributed by atoms with Gasteiger partial charge in [0.25, 0.3) is 11.8 Å². The van der Waals surface area contributed by atoms with E-state index in [0.717, 1.165) is 24.0 Å². The van der Waals surface area contributed by atoms with Crippen LogP contribution in [0, 0.1) is 13.8 Å². The van der Waals surface area contributed by atoms with Gasteiger partial charge in [-0.15, -0.1) is 0 Å². The molecule has 0 radical (unpaired) electrons. The fourth-order valence-corrected chi connectivity index (χ4v) is 4.90. The smallest absolute Gasteiger partial charge is 0.278 e. The lowest BCUT2D eigenvalue weighted by Gasteiger charge is -2.29. The summed E-state index contributed by atoms with van der Waals surface area (Å²) in [7, 11) is -2.00. The second-order valence-corrected chi connectivity index (χ2v) is 8.53. The Morgan fingerprint density at radius 1 is 1.04 bits per heavy atom. The zero-order valence-corrected chi connectivity index (χ0v) is 16.6. The van der Waals surface area contributed by atoms with Gasteiger partial charge in [-0.25, -0.2) is 23.1 Å². The molecule has 1 aliphatic rings. The van der Waals surface area contributed by atoms with Crippen molar-refractivity contribution in [2.24, 2.45) is 0 Å². The molecule has 0 unspecified atom stereocenters. The molecule has 1 saturated carbocycles. The molecule has 0 amide bonds. The van der Waals surface area contributed by atoms with E-state index in [2.05, 4.69) is 14.7 Å². The third-order valence-corrected chi connectivity index (χ3v) is 6.40. The summed E-state index contributed by atoms with van der Waals surface area (Å²) in [4.78, 5) is 8.57. The van der Waals surface area contributed by atoms with E-state index in [-0.39, 0.29) is 12.1 Å². The van der Waals surface area contributed by atoms with E-state index in [4.69, 9.17) is 9.47 Å². The second-order valence-electron chi connectivity index (χ2n) is 6.85. The first-order valence-electron chi connectivity index (χ1n) is 9.00. The van der Waals surface area contributed by atoms with Crippen LogP contribution in [0.2, 0.25) is 0 Å². The molecule has 1 aliphatic carbocycles. The average molecular weight is 391 g/mol. The Morgan fingerprint density at radius 2 is 1.70 bits per heavy atom. The number of aromatic nitrogens is 2. The Labute approximate surface area is 160 Å². The quantitative estimate of drug-likeness (QED) is 0.814. The van der Waals surface area contributed by atoms with Crippen LogP contribution in [0.1, 0.15) is 36.8 Å². The van der Waals surface area contributed by atoms with Crippen LogP contribution in [0.5, 0.6) is 11.8 Å². The fourth-order valence-electron chi connectivity index (χ4n) is 3.37.